The summed E-state index contributed by atoms with van der Waals surface area (Å²) in [6, 6.07) is 0. The third-order valence-electron chi connectivity index (χ3n) is 2.12. The van der Waals surface area contributed by atoms with Crippen molar-refractivity contribution in [2.75, 3.05) is 7.11 Å². The maximum absolute atomic E-state index is 12.4. The van der Waals surface area contributed by atoms with Crippen molar-refractivity contribution in [3.8, 4) is 5.75 Å². The minimum atomic E-state index is -4.89. The highest BCUT2D eigenvalue weighted by atomic mass is 127. The molecule has 0 radical (unpaired) electrons. The highest BCUT2D eigenvalue weighted by Crippen LogP contribution is 2.32. The van der Waals surface area contributed by atoms with Crippen molar-refractivity contribution < 1.29 is 27.4 Å². The Morgan fingerprint density at radius 3 is 2.63 bits per heavy atom. The first-order chi connectivity index (χ1) is 8.78. The summed E-state index contributed by atoms with van der Waals surface area (Å²) in [7, 11) is 1.14. The molecule has 0 amide bonds. The van der Waals surface area contributed by atoms with Crippen molar-refractivity contribution in [1.82, 2.24) is 4.98 Å². The Morgan fingerprint density at radius 1 is 1.53 bits per heavy atom. The number of pyridine rings is 1. The summed E-state index contributed by atoms with van der Waals surface area (Å²) in [4.78, 5) is 15.0. The first-order valence-corrected chi connectivity index (χ1v) is 6.05. The van der Waals surface area contributed by atoms with E-state index in [1.807, 2.05) is 0 Å². The van der Waals surface area contributed by atoms with E-state index in [-0.39, 0.29) is 24.2 Å². The quantitative estimate of drug-likeness (QED) is 0.627. The molecule has 9 heteroatoms. The smallest absolute Gasteiger partial charge is 0.469 e. The number of rotatable bonds is 4. The monoisotopic (exact) mass is 390 g/mol. The predicted octanol–water partition coefficient (Wildman–Crippen LogP) is 1.76. The van der Waals surface area contributed by atoms with Gasteiger partial charge in [-0.05, 0) is 22.6 Å². The predicted molar refractivity (Wildman–Crippen MR) is 67.2 cm³/mol. The summed E-state index contributed by atoms with van der Waals surface area (Å²) in [5.41, 5.74) is 5.31. The van der Waals surface area contributed by atoms with Crippen LogP contribution in [0.15, 0.2) is 6.20 Å². The Labute approximate surface area is 120 Å². The molecular weight excluding hydrogens is 380 g/mol. The Balaban J connectivity index is 3.28. The molecule has 0 fully saturated rings. The summed E-state index contributed by atoms with van der Waals surface area (Å²) in [6.07, 6.45) is -3.92. The van der Waals surface area contributed by atoms with Gasteiger partial charge in [0.05, 0.1) is 19.2 Å². The second-order valence-corrected chi connectivity index (χ2v) is 4.53. The average Bonchev–Trinajstić information content (AvgIpc) is 2.32. The summed E-state index contributed by atoms with van der Waals surface area (Å²) >= 11 is 1.76. The van der Waals surface area contributed by atoms with Crippen molar-refractivity contribution in [2.24, 2.45) is 5.73 Å². The molecule has 1 rings (SSSR count). The van der Waals surface area contributed by atoms with Crippen LogP contribution in [-0.4, -0.2) is 24.4 Å². The van der Waals surface area contributed by atoms with Crippen molar-refractivity contribution in [3.05, 3.63) is 21.0 Å². The van der Waals surface area contributed by atoms with E-state index in [9.17, 15) is 18.0 Å². The van der Waals surface area contributed by atoms with Crippen molar-refractivity contribution >= 4 is 28.6 Å². The fourth-order valence-electron chi connectivity index (χ4n) is 1.32. The molecule has 19 heavy (non-hydrogen) atoms. The lowest BCUT2D eigenvalue weighted by Gasteiger charge is -2.16. The maximum atomic E-state index is 12.4. The molecule has 0 atom stereocenters. The van der Waals surface area contributed by atoms with Gasteiger partial charge in [0.15, 0.2) is 5.75 Å². The second-order valence-electron chi connectivity index (χ2n) is 3.37. The molecule has 0 spiro atoms. The Hall–Kier alpha value is -1.10. The first-order valence-electron chi connectivity index (χ1n) is 4.97. The lowest BCUT2D eigenvalue weighted by molar-refractivity contribution is -0.275. The van der Waals surface area contributed by atoms with E-state index in [1.54, 1.807) is 22.6 Å². The van der Waals surface area contributed by atoms with Gasteiger partial charge < -0.3 is 15.2 Å². The van der Waals surface area contributed by atoms with Gasteiger partial charge in [-0.3, -0.25) is 9.78 Å². The lowest BCUT2D eigenvalue weighted by Crippen LogP contribution is -2.22. The molecule has 1 heterocycles. The topological polar surface area (TPSA) is 74.4 Å². The van der Waals surface area contributed by atoms with Crippen molar-refractivity contribution in [3.63, 3.8) is 0 Å². The molecule has 0 bridgehead atoms. The molecule has 0 aromatic carbocycles. The normalized spacial score (nSPS) is 11.3. The number of carbonyl (C=O) groups is 1. The highest BCUT2D eigenvalue weighted by molar-refractivity contribution is 14.1. The number of aromatic nitrogens is 1. The standard InChI is InChI=1S/C10H10F3IN2O3/c1-18-8(17)2-5-6(14)4-16-7(3-15)9(5)19-10(11,12)13/h4H,2-3,15H2,1H3. The Bertz CT molecular complexity index is 480. The maximum Gasteiger partial charge on any atom is 0.573 e. The summed E-state index contributed by atoms with van der Waals surface area (Å²) < 4.78 is 45.9. The zero-order valence-electron chi connectivity index (χ0n) is 9.75. The van der Waals surface area contributed by atoms with E-state index in [4.69, 9.17) is 5.73 Å². The molecule has 0 aliphatic carbocycles. The van der Waals surface area contributed by atoms with Crippen LogP contribution in [-0.2, 0) is 22.5 Å². The third kappa shape index (κ3) is 4.49. The second kappa shape index (κ2) is 6.37. The highest BCUT2D eigenvalue weighted by Gasteiger charge is 2.34. The zero-order chi connectivity index (χ0) is 14.6. The van der Waals surface area contributed by atoms with E-state index in [1.165, 1.54) is 6.20 Å². The number of hydrogen-bond donors (Lipinski definition) is 1. The first kappa shape index (κ1) is 16.0. The summed E-state index contributed by atoms with van der Waals surface area (Å²) in [6.45, 7) is -0.240. The number of halogens is 4. The summed E-state index contributed by atoms with van der Waals surface area (Å²) in [5.74, 6) is -1.22. The molecule has 2 N–H and O–H groups in total. The molecule has 1 aromatic heterocycles. The molecule has 0 aliphatic rings. The number of hydrogen-bond acceptors (Lipinski definition) is 5. The average molecular weight is 390 g/mol. The molecule has 1 aromatic rings. The van der Waals surface area contributed by atoms with E-state index in [2.05, 4.69) is 14.5 Å². The van der Waals surface area contributed by atoms with Gasteiger partial charge in [0.2, 0.25) is 0 Å². The van der Waals surface area contributed by atoms with Crippen LogP contribution in [0.2, 0.25) is 0 Å². The SMILES string of the molecule is COC(=O)Cc1c(I)cnc(CN)c1OC(F)(F)F. The van der Waals surface area contributed by atoms with E-state index >= 15 is 0 Å². The molecule has 0 saturated heterocycles. The minimum Gasteiger partial charge on any atom is -0.469 e. The van der Waals surface area contributed by atoms with Crippen LogP contribution >= 0.6 is 22.6 Å². The number of alkyl halides is 3. The molecule has 5 nitrogen and oxygen atoms in total. The Morgan fingerprint density at radius 2 is 2.16 bits per heavy atom. The van der Waals surface area contributed by atoms with Gasteiger partial charge in [-0.2, -0.15) is 0 Å². The zero-order valence-corrected chi connectivity index (χ0v) is 11.9. The van der Waals surface area contributed by atoms with Gasteiger partial charge in [0, 0.05) is 21.9 Å². The molecular formula is C10H10F3IN2O3. The minimum absolute atomic E-state index is 0.0558. The van der Waals surface area contributed by atoms with Crippen LogP contribution in [0.25, 0.3) is 0 Å². The van der Waals surface area contributed by atoms with E-state index in [0.717, 1.165) is 7.11 Å². The molecule has 0 aliphatic heterocycles. The number of nitrogens with two attached hydrogens (primary N) is 1. The van der Waals surface area contributed by atoms with Crippen LogP contribution < -0.4 is 10.5 Å². The van der Waals surface area contributed by atoms with Crippen molar-refractivity contribution in [1.29, 1.82) is 0 Å². The number of ether oxygens (including phenoxy) is 2. The van der Waals surface area contributed by atoms with Crippen LogP contribution in [0.5, 0.6) is 5.75 Å². The molecule has 106 valence electrons. The van der Waals surface area contributed by atoms with Crippen molar-refractivity contribution in [2.45, 2.75) is 19.3 Å². The van der Waals surface area contributed by atoms with Gasteiger partial charge in [0.25, 0.3) is 0 Å². The van der Waals surface area contributed by atoms with E-state index in [0.29, 0.717) is 3.57 Å². The number of carbonyl (C=O) groups excluding carboxylic acids is 1. The lowest BCUT2D eigenvalue weighted by atomic mass is 10.1. The van der Waals surface area contributed by atoms with Crippen LogP contribution in [0, 0.1) is 3.57 Å². The third-order valence-corrected chi connectivity index (χ3v) is 3.05. The van der Waals surface area contributed by atoms with Gasteiger partial charge >= 0.3 is 12.3 Å². The molecule has 0 unspecified atom stereocenters. The summed E-state index contributed by atoms with van der Waals surface area (Å²) in [5, 5.41) is 0. The number of methoxy groups -OCH3 is 1. The van der Waals surface area contributed by atoms with Gasteiger partial charge in [-0.1, -0.05) is 0 Å². The Kier molecular flexibility index (Phi) is 5.35. The number of esters is 1. The largest absolute Gasteiger partial charge is 0.573 e. The number of nitrogens with zero attached hydrogens (tertiary/aromatic N) is 1. The van der Waals surface area contributed by atoms with Crippen LogP contribution in [0.3, 0.4) is 0 Å². The van der Waals surface area contributed by atoms with Gasteiger partial charge in [-0.15, -0.1) is 13.2 Å². The fraction of sp³-hybridized carbons (Fsp3) is 0.400. The van der Waals surface area contributed by atoms with E-state index < -0.39 is 18.1 Å². The van der Waals surface area contributed by atoms with Crippen LogP contribution in [0.4, 0.5) is 13.2 Å². The fourth-order valence-corrected chi connectivity index (χ4v) is 1.89. The van der Waals surface area contributed by atoms with Gasteiger partial charge in [0.1, 0.15) is 0 Å². The molecule has 0 saturated carbocycles. The van der Waals surface area contributed by atoms with Crippen LogP contribution in [0.1, 0.15) is 11.3 Å². The van der Waals surface area contributed by atoms with Gasteiger partial charge in [-0.25, -0.2) is 0 Å².